The number of hydrogen-bond acceptors (Lipinski definition) is 3. The van der Waals surface area contributed by atoms with E-state index in [9.17, 15) is 0 Å². The van der Waals surface area contributed by atoms with Gasteiger partial charge in [0.2, 0.25) is 0 Å². The molecule has 1 saturated carbocycles. The van der Waals surface area contributed by atoms with E-state index in [1.54, 1.807) is 0 Å². The molecule has 0 saturated heterocycles. The molecule has 0 spiro atoms. The molecule has 0 N–H and O–H groups in total. The minimum absolute atomic E-state index is 0.00980. The predicted octanol–water partition coefficient (Wildman–Crippen LogP) is 5.21. The highest BCUT2D eigenvalue weighted by molar-refractivity contribution is 14.1. The van der Waals surface area contributed by atoms with Gasteiger partial charge >= 0.3 is 0 Å². The summed E-state index contributed by atoms with van der Waals surface area (Å²) in [7, 11) is 0. The molecule has 1 aliphatic carbocycles. The lowest BCUT2D eigenvalue weighted by molar-refractivity contribution is 0.559. The highest BCUT2D eigenvalue weighted by Crippen LogP contribution is 2.33. The summed E-state index contributed by atoms with van der Waals surface area (Å²) in [4.78, 5) is 9.18. The fourth-order valence-corrected chi connectivity index (χ4v) is 4.69. The molecule has 1 fully saturated rings. The number of hydrogen-bond donors (Lipinski definition) is 0. The van der Waals surface area contributed by atoms with Crippen molar-refractivity contribution in [3.8, 4) is 0 Å². The zero-order chi connectivity index (χ0) is 14.0. The lowest BCUT2D eigenvalue weighted by atomic mass is 9.92. The third kappa shape index (κ3) is 4.21. The molecule has 5 heteroatoms. The summed E-state index contributed by atoms with van der Waals surface area (Å²) in [5.41, 5.74) is 1.07. The van der Waals surface area contributed by atoms with Crippen molar-refractivity contribution in [3.05, 3.63) is 20.2 Å². The van der Waals surface area contributed by atoms with E-state index in [0.29, 0.717) is 5.15 Å². The fraction of sp³-hybridized carbons (Fsp3) is 0.714. The van der Waals surface area contributed by atoms with Gasteiger partial charge in [-0.15, -0.1) is 0 Å². The number of nitrogens with zero attached hydrogens (tertiary/aromatic N) is 2. The van der Waals surface area contributed by atoms with E-state index in [0.717, 1.165) is 26.1 Å². The van der Waals surface area contributed by atoms with Crippen molar-refractivity contribution in [2.24, 2.45) is 0 Å². The SMILES string of the molecule is CC(C)(C)c1nc(CSC2CCCC2)nc(Cl)c1I. The lowest BCUT2D eigenvalue weighted by Gasteiger charge is -2.20. The maximum Gasteiger partial charge on any atom is 0.146 e. The highest BCUT2D eigenvalue weighted by atomic mass is 127. The zero-order valence-electron chi connectivity index (χ0n) is 11.7. The van der Waals surface area contributed by atoms with Crippen molar-refractivity contribution in [2.45, 2.75) is 62.9 Å². The average molecular weight is 411 g/mol. The molecule has 1 aliphatic rings. The topological polar surface area (TPSA) is 25.8 Å². The molecule has 0 aromatic carbocycles. The normalized spacial score (nSPS) is 17.1. The Morgan fingerprint density at radius 2 is 1.89 bits per heavy atom. The van der Waals surface area contributed by atoms with Crippen LogP contribution in [0.5, 0.6) is 0 Å². The van der Waals surface area contributed by atoms with E-state index >= 15 is 0 Å². The maximum atomic E-state index is 6.25. The largest absolute Gasteiger partial charge is 0.235 e. The molecule has 19 heavy (non-hydrogen) atoms. The van der Waals surface area contributed by atoms with Gasteiger partial charge in [-0.05, 0) is 35.4 Å². The Hall–Kier alpha value is 0.450. The van der Waals surface area contributed by atoms with Gasteiger partial charge in [-0.3, -0.25) is 0 Å². The van der Waals surface area contributed by atoms with Crippen LogP contribution in [0.15, 0.2) is 0 Å². The van der Waals surface area contributed by atoms with Gasteiger partial charge in [0.15, 0.2) is 0 Å². The van der Waals surface area contributed by atoms with Crippen LogP contribution in [0.2, 0.25) is 5.15 Å². The van der Waals surface area contributed by atoms with Crippen molar-refractivity contribution < 1.29 is 0 Å². The maximum absolute atomic E-state index is 6.25. The van der Waals surface area contributed by atoms with Crippen LogP contribution in [0.25, 0.3) is 0 Å². The third-order valence-corrected chi connectivity index (χ3v) is 6.30. The summed E-state index contributed by atoms with van der Waals surface area (Å²) in [5.74, 6) is 1.76. The number of halogens is 2. The summed E-state index contributed by atoms with van der Waals surface area (Å²) in [6, 6.07) is 0. The Bertz CT molecular complexity index is 453. The van der Waals surface area contributed by atoms with E-state index < -0.39 is 0 Å². The van der Waals surface area contributed by atoms with Crippen LogP contribution in [-0.2, 0) is 11.2 Å². The highest BCUT2D eigenvalue weighted by Gasteiger charge is 2.23. The molecule has 1 aromatic rings. The summed E-state index contributed by atoms with van der Waals surface area (Å²) in [6.07, 6.45) is 5.43. The second kappa shape index (κ2) is 6.48. The molecular weight excluding hydrogens is 391 g/mol. The molecular formula is C14H20ClIN2S. The van der Waals surface area contributed by atoms with Gasteiger partial charge in [-0.25, -0.2) is 9.97 Å². The first kappa shape index (κ1) is 15.8. The summed E-state index contributed by atoms with van der Waals surface area (Å²) >= 11 is 10.5. The minimum atomic E-state index is 0.00980. The Labute approximate surface area is 138 Å². The van der Waals surface area contributed by atoms with Crippen molar-refractivity contribution in [1.82, 2.24) is 9.97 Å². The average Bonchev–Trinajstić information content (AvgIpc) is 2.82. The monoisotopic (exact) mass is 410 g/mol. The number of rotatable bonds is 3. The summed E-state index contributed by atoms with van der Waals surface area (Å²) in [6.45, 7) is 6.51. The fourth-order valence-electron chi connectivity index (χ4n) is 2.27. The van der Waals surface area contributed by atoms with Crippen LogP contribution >= 0.6 is 46.0 Å². The molecule has 0 radical (unpaired) electrons. The van der Waals surface area contributed by atoms with Gasteiger partial charge < -0.3 is 0 Å². The Morgan fingerprint density at radius 1 is 1.26 bits per heavy atom. The molecule has 0 aliphatic heterocycles. The van der Waals surface area contributed by atoms with Crippen LogP contribution in [0.1, 0.15) is 58.0 Å². The van der Waals surface area contributed by atoms with Crippen molar-refractivity contribution >= 4 is 46.0 Å². The molecule has 2 nitrogen and oxygen atoms in total. The van der Waals surface area contributed by atoms with E-state index in [2.05, 4.69) is 48.3 Å². The third-order valence-electron chi connectivity index (χ3n) is 3.32. The van der Waals surface area contributed by atoms with Gasteiger partial charge in [0.1, 0.15) is 11.0 Å². The Balaban J connectivity index is 2.14. The Morgan fingerprint density at radius 3 is 2.47 bits per heavy atom. The van der Waals surface area contributed by atoms with Gasteiger partial charge in [0.25, 0.3) is 0 Å². The van der Waals surface area contributed by atoms with Gasteiger partial charge in [0, 0.05) is 10.7 Å². The first-order valence-corrected chi connectivity index (χ1v) is 9.22. The van der Waals surface area contributed by atoms with E-state index in [-0.39, 0.29) is 5.41 Å². The quantitative estimate of drug-likeness (QED) is 0.505. The van der Waals surface area contributed by atoms with Crippen molar-refractivity contribution in [1.29, 1.82) is 0 Å². The van der Waals surface area contributed by atoms with Crippen LogP contribution < -0.4 is 0 Å². The number of aromatic nitrogens is 2. The standard InChI is InChI=1S/C14H20ClIN2S/c1-14(2,3)12-11(16)13(15)18-10(17-12)8-19-9-6-4-5-7-9/h9H,4-8H2,1-3H3. The van der Waals surface area contributed by atoms with E-state index in [1.165, 1.54) is 25.7 Å². The minimum Gasteiger partial charge on any atom is -0.235 e. The lowest BCUT2D eigenvalue weighted by Crippen LogP contribution is -2.18. The van der Waals surface area contributed by atoms with Crippen molar-refractivity contribution in [3.63, 3.8) is 0 Å². The first-order chi connectivity index (χ1) is 8.88. The van der Waals surface area contributed by atoms with Crippen LogP contribution in [-0.4, -0.2) is 15.2 Å². The molecule has 106 valence electrons. The molecule has 0 bridgehead atoms. The van der Waals surface area contributed by atoms with E-state index in [4.69, 9.17) is 16.6 Å². The van der Waals surface area contributed by atoms with Gasteiger partial charge in [0.05, 0.1) is 15.0 Å². The smallest absolute Gasteiger partial charge is 0.146 e. The number of thioether (sulfide) groups is 1. The second-order valence-corrected chi connectivity index (χ2v) is 8.79. The second-order valence-electron chi connectivity index (χ2n) is 6.06. The van der Waals surface area contributed by atoms with Gasteiger partial charge in [-0.2, -0.15) is 11.8 Å². The van der Waals surface area contributed by atoms with E-state index in [1.807, 2.05) is 11.8 Å². The first-order valence-electron chi connectivity index (χ1n) is 6.72. The molecule has 0 amide bonds. The zero-order valence-corrected chi connectivity index (χ0v) is 15.4. The van der Waals surface area contributed by atoms with Gasteiger partial charge in [-0.1, -0.05) is 45.2 Å². The van der Waals surface area contributed by atoms with Crippen LogP contribution in [0.4, 0.5) is 0 Å². The summed E-state index contributed by atoms with van der Waals surface area (Å²) < 4.78 is 0.987. The molecule has 2 rings (SSSR count). The molecule has 1 aromatic heterocycles. The molecule has 0 atom stereocenters. The Kier molecular flexibility index (Phi) is 5.40. The van der Waals surface area contributed by atoms with Crippen molar-refractivity contribution in [2.75, 3.05) is 0 Å². The predicted molar refractivity (Wildman–Crippen MR) is 92.0 cm³/mol. The van der Waals surface area contributed by atoms with Crippen LogP contribution in [0, 0.1) is 3.57 Å². The molecule has 0 unspecified atom stereocenters. The summed E-state index contributed by atoms with van der Waals surface area (Å²) in [5, 5.41) is 1.39. The molecule has 1 heterocycles. The van der Waals surface area contributed by atoms with Crippen LogP contribution in [0.3, 0.4) is 0 Å².